The molecule has 4 aromatic rings. The molecular weight excluding hydrogens is 582 g/mol. The second-order valence-corrected chi connectivity index (χ2v) is 11.8. The van der Waals surface area contributed by atoms with Crippen molar-refractivity contribution in [3.8, 4) is 17.0 Å². The highest BCUT2D eigenvalue weighted by molar-refractivity contribution is 6.09. The fourth-order valence-electron chi connectivity index (χ4n) is 6.23. The van der Waals surface area contributed by atoms with Gasteiger partial charge in [-0.3, -0.25) is 4.79 Å². The summed E-state index contributed by atoms with van der Waals surface area (Å²) in [6.07, 6.45) is 5.90. The average molecular weight is 615 g/mol. The fourth-order valence-corrected chi connectivity index (χ4v) is 6.23. The predicted octanol–water partition coefficient (Wildman–Crippen LogP) is 5.08. The number of aliphatic hydroxyl groups excluding tert-OH is 1. The molecule has 0 radical (unpaired) electrons. The van der Waals surface area contributed by atoms with Gasteiger partial charge in [0.2, 0.25) is 0 Å². The van der Waals surface area contributed by atoms with Crippen molar-refractivity contribution >= 4 is 34.2 Å². The van der Waals surface area contributed by atoms with E-state index < -0.39 is 24.1 Å². The number of hydrogen-bond acceptors (Lipinski definition) is 6. The fraction of sp³-hybridized carbons (Fsp3) is 0.333. The Morgan fingerprint density at radius 3 is 2.67 bits per heavy atom. The number of amides is 3. The van der Waals surface area contributed by atoms with Crippen LogP contribution in [-0.2, 0) is 6.61 Å². The van der Waals surface area contributed by atoms with E-state index in [0.717, 1.165) is 29.7 Å². The van der Waals surface area contributed by atoms with Crippen molar-refractivity contribution in [1.29, 1.82) is 0 Å². The van der Waals surface area contributed by atoms with Gasteiger partial charge in [0.15, 0.2) is 0 Å². The minimum absolute atomic E-state index is 0.0244. The maximum atomic E-state index is 15.4. The van der Waals surface area contributed by atoms with Crippen molar-refractivity contribution in [2.45, 2.75) is 31.8 Å². The largest absolute Gasteiger partial charge is 0.491 e. The third kappa shape index (κ3) is 5.18. The zero-order valence-electron chi connectivity index (χ0n) is 24.9. The number of hydrogen-bond donors (Lipinski definition) is 2. The van der Waals surface area contributed by atoms with Crippen LogP contribution >= 0.6 is 0 Å². The third-order valence-corrected chi connectivity index (χ3v) is 8.69. The summed E-state index contributed by atoms with van der Waals surface area (Å²) >= 11 is 0. The summed E-state index contributed by atoms with van der Waals surface area (Å²) in [6.45, 7) is 0.569. The Morgan fingerprint density at radius 1 is 1.13 bits per heavy atom. The number of carbonyl (C=O) groups is 2. The molecule has 0 bridgehead atoms. The van der Waals surface area contributed by atoms with E-state index in [9.17, 15) is 14.7 Å². The zero-order chi connectivity index (χ0) is 31.4. The van der Waals surface area contributed by atoms with Gasteiger partial charge in [0.25, 0.3) is 5.91 Å². The summed E-state index contributed by atoms with van der Waals surface area (Å²) in [5.41, 5.74) is 3.94. The summed E-state index contributed by atoms with van der Waals surface area (Å²) < 4.78 is 36.6. The van der Waals surface area contributed by atoms with Crippen LogP contribution in [0.5, 0.6) is 5.75 Å². The lowest BCUT2D eigenvalue weighted by molar-refractivity contribution is 0.0985. The maximum Gasteiger partial charge on any atom is 0.319 e. The number of aliphatic hydroxyl groups is 1. The molecule has 0 spiro atoms. The lowest BCUT2D eigenvalue weighted by Gasteiger charge is -2.28. The Labute approximate surface area is 257 Å². The number of benzene rings is 2. The normalized spacial score (nSPS) is 16.7. The number of halogens is 2. The Kier molecular flexibility index (Phi) is 7.23. The van der Waals surface area contributed by atoms with Gasteiger partial charge in [-0.1, -0.05) is 6.08 Å². The summed E-state index contributed by atoms with van der Waals surface area (Å²) in [6, 6.07) is 7.36. The molecule has 232 valence electrons. The molecule has 0 atom stereocenters. The molecule has 3 aliphatic rings. The molecule has 10 nitrogen and oxygen atoms in total. The standard InChI is InChI=1S/C33H32F2N6O4/c1-39(2)33(44)40-7-5-19(6-8-40)26-15-23-30(36-17-37-31(23)38-26)22-13-21(34)14-27(24(22)16-42)41-9-10-45-28-12-20(18-3-4-18)11-25(35)29(28)32(41)43/h5,11-15,17-18,42H,3-4,6-10,16H2,1-2H3,(H,36,37,38). The number of aromatic nitrogens is 3. The SMILES string of the molecule is CN(C)C(=O)N1CC=C(c2cc3c(-c4cc(F)cc(N5CCOc6cc(C7CC7)cc(F)c6C5=O)c4CO)ncnc3[nH]2)CC1. The van der Waals surface area contributed by atoms with Crippen LogP contribution in [0.25, 0.3) is 27.9 Å². The first-order valence-corrected chi connectivity index (χ1v) is 14.9. The molecule has 12 heteroatoms. The highest BCUT2D eigenvalue weighted by Crippen LogP contribution is 2.44. The minimum Gasteiger partial charge on any atom is -0.491 e. The van der Waals surface area contributed by atoms with E-state index in [2.05, 4.69) is 15.0 Å². The number of urea groups is 1. The van der Waals surface area contributed by atoms with E-state index in [1.165, 1.54) is 29.4 Å². The molecule has 1 fully saturated rings. The number of H-pyrrole nitrogens is 1. The number of nitrogens with one attached hydrogen (secondary N) is 1. The van der Waals surface area contributed by atoms with E-state index in [1.54, 1.807) is 30.0 Å². The molecule has 7 rings (SSSR count). The molecule has 1 aliphatic carbocycles. The molecular formula is C33H32F2N6O4. The summed E-state index contributed by atoms with van der Waals surface area (Å²) in [7, 11) is 3.44. The summed E-state index contributed by atoms with van der Waals surface area (Å²) in [5, 5.41) is 11.2. The van der Waals surface area contributed by atoms with Crippen molar-refractivity contribution in [3.05, 3.63) is 76.8 Å². The molecule has 45 heavy (non-hydrogen) atoms. The van der Waals surface area contributed by atoms with Gasteiger partial charge in [-0.2, -0.15) is 0 Å². The number of nitrogens with zero attached hydrogens (tertiary/aromatic N) is 5. The summed E-state index contributed by atoms with van der Waals surface area (Å²) in [5.74, 6) is -1.56. The first kappa shape index (κ1) is 28.9. The van der Waals surface area contributed by atoms with Crippen molar-refractivity contribution in [2.24, 2.45) is 0 Å². The number of aromatic amines is 1. The monoisotopic (exact) mass is 614 g/mol. The van der Waals surface area contributed by atoms with Crippen LogP contribution in [0.2, 0.25) is 0 Å². The molecule has 2 aliphatic heterocycles. The topological polar surface area (TPSA) is 115 Å². The minimum atomic E-state index is -0.683. The Hall–Kier alpha value is -4.84. The van der Waals surface area contributed by atoms with Crippen LogP contribution in [0.15, 0.2) is 42.7 Å². The number of anilines is 1. The van der Waals surface area contributed by atoms with E-state index >= 15 is 8.78 Å². The molecule has 3 amide bonds. The number of fused-ring (bicyclic) bond motifs is 2. The van der Waals surface area contributed by atoms with Crippen LogP contribution < -0.4 is 9.64 Å². The molecule has 4 heterocycles. The number of rotatable bonds is 5. The Bertz CT molecular complexity index is 1880. The average Bonchev–Trinajstić information content (AvgIpc) is 3.82. The number of carbonyl (C=O) groups excluding carboxylic acids is 2. The second kappa shape index (κ2) is 11.3. The van der Waals surface area contributed by atoms with E-state index in [-0.39, 0.29) is 53.2 Å². The van der Waals surface area contributed by atoms with E-state index in [4.69, 9.17) is 4.74 Å². The van der Waals surface area contributed by atoms with Gasteiger partial charge in [0, 0.05) is 49.4 Å². The van der Waals surface area contributed by atoms with Gasteiger partial charge in [-0.15, -0.1) is 0 Å². The smallest absolute Gasteiger partial charge is 0.319 e. The zero-order valence-corrected chi connectivity index (χ0v) is 24.9. The van der Waals surface area contributed by atoms with Crippen LogP contribution in [-0.4, -0.2) is 82.1 Å². The molecule has 2 aromatic carbocycles. The van der Waals surface area contributed by atoms with Gasteiger partial charge in [0.05, 0.1) is 24.5 Å². The lowest BCUT2D eigenvalue weighted by Crippen LogP contribution is -2.41. The maximum absolute atomic E-state index is 15.4. The van der Waals surface area contributed by atoms with Crippen molar-refractivity contribution in [3.63, 3.8) is 0 Å². The highest BCUT2D eigenvalue weighted by atomic mass is 19.1. The number of ether oxygens (including phenoxy) is 1. The van der Waals surface area contributed by atoms with Crippen LogP contribution in [0.4, 0.5) is 19.3 Å². The molecule has 0 saturated heterocycles. The van der Waals surface area contributed by atoms with E-state index in [0.29, 0.717) is 36.2 Å². The van der Waals surface area contributed by atoms with Crippen LogP contribution in [0.3, 0.4) is 0 Å². The first-order valence-electron chi connectivity index (χ1n) is 14.9. The first-order chi connectivity index (χ1) is 21.7. The van der Waals surface area contributed by atoms with Gasteiger partial charge >= 0.3 is 6.03 Å². The molecule has 1 saturated carbocycles. The third-order valence-electron chi connectivity index (χ3n) is 8.69. The van der Waals surface area contributed by atoms with Crippen LogP contribution in [0, 0.1) is 11.6 Å². The summed E-state index contributed by atoms with van der Waals surface area (Å²) in [4.78, 5) is 42.9. The van der Waals surface area contributed by atoms with Gasteiger partial charge in [-0.25, -0.2) is 23.5 Å². The molecule has 2 N–H and O–H groups in total. The molecule has 2 aromatic heterocycles. The lowest BCUT2D eigenvalue weighted by atomic mass is 9.98. The van der Waals surface area contributed by atoms with E-state index in [1.807, 2.05) is 12.1 Å². The van der Waals surface area contributed by atoms with Crippen LogP contribution in [0.1, 0.15) is 52.4 Å². The van der Waals surface area contributed by atoms with Crippen molar-refractivity contribution in [1.82, 2.24) is 24.8 Å². The predicted molar refractivity (Wildman–Crippen MR) is 164 cm³/mol. The van der Waals surface area contributed by atoms with Crippen molar-refractivity contribution < 1.29 is 28.2 Å². The van der Waals surface area contributed by atoms with Crippen molar-refractivity contribution in [2.75, 3.05) is 45.2 Å². The van der Waals surface area contributed by atoms with Gasteiger partial charge < -0.3 is 29.5 Å². The quantitative estimate of drug-likeness (QED) is 0.324. The second-order valence-electron chi connectivity index (χ2n) is 11.8. The van der Waals surface area contributed by atoms with Gasteiger partial charge in [-0.05, 0) is 66.6 Å². The molecule has 0 unspecified atom stereocenters. The Balaban J connectivity index is 1.27. The van der Waals surface area contributed by atoms with Gasteiger partial charge in [0.1, 0.15) is 41.5 Å². The highest BCUT2D eigenvalue weighted by Gasteiger charge is 2.33. The Morgan fingerprint density at radius 2 is 1.96 bits per heavy atom.